The van der Waals surface area contributed by atoms with Crippen LogP contribution in [-0.2, 0) is 4.74 Å². The van der Waals surface area contributed by atoms with Gasteiger partial charge in [0.25, 0.3) is 0 Å². The second kappa shape index (κ2) is 3.42. The lowest BCUT2D eigenvalue weighted by Gasteiger charge is -2.27. The van der Waals surface area contributed by atoms with Crippen LogP contribution in [0.3, 0.4) is 0 Å². The van der Waals surface area contributed by atoms with Gasteiger partial charge in [-0.15, -0.1) is 0 Å². The van der Waals surface area contributed by atoms with E-state index in [9.17, 15) is 4.79 Å². The topological polar surface area (TPSA) is 29.5 Å². The molecule has 1 amide bonds. The quantitative estimate of drug-likeness (QED) is 0.533. The molecule has 0 radical (unpaired) electrons. The molecule has 1 fully saturated rings. The van der Waals surface area contributed by atoms with E-state index in [0.717, 1.165) is 31.5 Å². The van der Waals surface area contributed by atoms with Gasteiger partial charge in [-0.05, 0) is 19.3 Å². The Labute approximate surface area is 66.6 Å². The Balaban J connectivity index is 2.54. The van der Waals surface area contributed by atoms with Gasteiger partial charge in [0.15, 0.2) is 0 Å². The molecule has 1 rings (SSSR count). The molecule has 3 heteroatoms. The molecule has 1 aliphatic heterocycles. The lowest BCUT2D eigenvalue weighted by atomic mass is 10.1. The van der Waals surface area contributed by atoms with E-state index in [1.165, 1.54) is 7.11 Å². The molecule has 1 aliphatic rings. The molecule has 0 N–H and O–H groups in total. The molecule has 0 aromatic rings. The molecule has 0 aromatic carbocycles. The lowest BCUT2D eigenvalue weighted by molar-refractivity contribution is 0.129. The highest BCUT2D eigenvalue weighted by molar-refractivity contribution is 5.69. The van der Waals surface area contributed by atoms with Gasteiger partial charge < -0.3 is 4.74 Å². The van der Waals surface area contributed by atoms with Gasteiger partial charge in [0.2, 0.25) is 0 Å². The number of ether oxygens (including phenoxy) is 1. The molecule has 0 bridgehead atoms. The summed E-state index contributed by atoms with van der Waals surface area (Å²) in [6.07, 6.45) is 2.81. The van der Waals surface area contributed by atoms with Gasteiger partial charge in [-0.25, -0.2) is 4.79 Å². The third-order valence-corrected chi connectivity index (χ3v) is 1.87. The first-order chi connectivity index (χ1) is 5.25. The largest absolute Gasteiger partial charge is 0.452 e. The van der Waals surface area contributed by atoms with Crippen LogP contribution in [0.4, 0.5) is 4.79 Å². The second-order valence-corrected chi connectivity index (χ2v) is 2.65. The first-order valence-electron chi connectivity index (χ1n) is 3.79. The van der Waals surface area contributed by atoms with Crippen molar-refractivity contribution in [1.29, 1.82) is 0 Å². The fourth-order valence-electron chi connectivity index (χ4n) is 1.22. The van der Waals surface area contributed by atoms with Crippen molar-refractivity contribution in [3.05, 3.63) is 12.3 Å². The van der Waals surface area contributed by atoms with E-state index >= 15 is 0 Å². The minimum absolute atomic E-state index is 0.283. The normalized spacial score (nSPS) is 18.3. The zero-order chi connectivity index (χ0) is 8.27. The number of methoxy groups -OCH3 is 1. The molecule has 0 aromatic heterocycles. The van der Waals surface area contributed by atoms with Crippen molar-refractivity contribution in [2.75, 3.05) is 13.7 Å². The summed E-state index contributed by atoms with van der Waals surface area (Å²) < 4.78 is 4.59. The zero-order valence-electron chi connectivity index (χ0n) is 6.80. The Bertz CT molecular complexity index is 169. The van der Waals surface area contributed by atoms with Crippen LogP contribution in [0.15, 0.2) is 12.3 Å². The van der Waals surface area contributed by atoms with Crippen LogP contribution in [0.25, 0.3) is 0 Å². The van der Waals surface area contributed by atoms with Crippen LogP contribution in [-0.4, -0.2) is 24.6 Å². The molecule has 0 saturated carbocycles. The van der Waals surface area contributed by atoms with E-state index < -0.39 is 0 Å². The average molecular weight is 155 g/mol. The van der Waals surface area contributed by atoms with Gasteiger partial charge in [0.05, 0.1) is 7.11 Å². The monoisotopic (exact) mass is 155 g/mol. The standard InChI is InChI=1S/C8H13NO2/c1-7-5-3-4-6-9(7)8(10)11-2/h1,3-6H2,2H3. The van der Waals surface area contributed by atoms with E-state index in [-0.39, 0.29) is 6.09 Å². The Morgan fingerprint density at radius 2 is 2.36 bits per heavy atom. The van der Waals surface area contributed by atoms with Crippen LogP contribution in [0, 0.1) is 0 Å². The maximum Gasteiger partial charge on any atom is 0.413 e. The third-order valence-electron chi connectivity index (χ3n) is 1.87. The number of allylic oxidation sites excluding steroid dienone is 1. The summed E-state index contributed by atoms with van der Waals surface area (Å²) in [5.41, 5.74) is 0.878. The fraction of sp³-hybridized carbons (Fsp3) is 0.625. The third kappa shape index (κ3) is 1.73. The van der Waals surface area contributed by atoms with Crippen LogP contribution >= 0.6 is 0 Å². The van der Waals surface area contributed by atoms with E-state index in [0.29, 0.717) is 0 Å². The molecule has 62 valence electrons. The molecule has 3 nitrogen and oxygen atoms in total. The van der Waals surface area contributed by atoms with Crippen LogP contribution in [0.1, 0.15) is 19.3 Å². The summed E-state index contributed by atoms with van der Waals surface area (Å²) in [6.45, 7) is 4.55. The maximum absolute atomic E-state index is 11.0. The lowest BCUT2D eigenvalue weighted by Crippen LogP contribution is -2.33. The Morgan fingerprint density at radius 1 is 1.64 bits per heavy atom. The maximum atomic E-state index is 11.0. The molecule has 0 spiro atoms. The minimum Gasteiger partial charge on any atom is -0.452 e. The number of likely N-dealkylation sites (tertiary alicyclic amines) is 1. The Hall–Kier alpha value is -0.990. The van der Waals surface area contributed by atoms with E-state index in [1.807, 2.05) is 0 Å². The number of hydrogen-bond acceptors (Lipinski definition) is 2. The van der Waals surface area contributed by atoms with Crippen molar-refractivity contribution in [2.45, 2.75) is 19.3 Å². The van der Waals surface area contributed by atoms with Gasteiger partial charge in [0, 0.05) is 12.2 Å². The summed E-state index contributed by atoms with van der Waals surface area (Å²) in [6, 6.07) is 0. The molecule has 0 atom stereocenters. The van der Waals surface area contributed by atoms with E-state index in [1.54, 1.807) is 4.90 Å². The minimum atomic E-state index is -0.283. The van der Waals surface area contributed by atoms with Gasteiger partial charge in [-0.1, -0.05) is 6.58 Å². The molecular weight excluding hydrogens is 142 g/mol. The van der Waals surface area contributed by atoms with Gasteiger partial charge in [0.1, 0.15) is 0 Å². The van der Waals surface area contributed by atoms with E-state index in [4.69, 9.17) is 0 Å². The van der Waals surface area contributed by atoms with Crippen molar-refractivity contribution in [2.24, 2.45) is 0 Å². The van der Waals surface area contributed by atoms with Crippen molar-refractivity contribution >= 4 is 6.09 Å². The Kier molecular flexibility index (Phi) is 2.52. The van der Waals surface area contributed by atoms with Crippen LogP contribution in [0.5, 0.6) is 0 Å². The second-order valence-electron chi connectivity index (χ2n) is 2.65. The molecule has 1 saturated heterocycles. The molecule has 0 aliphatic carbocycles. The van der Waals surface area contributed by atoms with E-state index in [2.05, 4.69) is 11.3 Å². The van der Waals surface area contributed by atoms with Crippen LogP contribution in [0.2, 0.25) is 0 Å². The number of carbonyl (C=O) groups is 1. The van der Waals surface area contributed by atoms with Crippen LogP contribution < -0.4 is 0 Å². The number of nitrogens with zero attached hydrogens (tertiary/aromatic N) is 1. The first kappa shape index (κ1) is 8.11. The van der Waals surface area contributed by atoms with Gasteiger partial charge in [-0.3, -0.25) is 4.90 Å². The molecule has 0 unspecified atom stereocenters. The SMILES string of the molecule is C=C1CCCCN1C(=O)OC. The fourth-order valence-corrected chi connectivity index (χ4v) is 1.22. The highest BCUT2D eigenvalue weighted by Crippen LogP contribution is 2.18. The summed E-state index contributed by atoms with van der Waals surface area (Å²) in [5.74, 6) is 0. The van der Waals surface area contributed by atoms with Crippen molar-refractivity contribution in [1.82, 2.24) is 4.90 Å². The number of piperidine rings is 1. The Morgan fingerprint density at radius 3 is 2.91 bits per heavy atom. The first-order valence-corrected chi connectivity index (χ1v) is 3.79. The average Bonchev–Trinajstić information content (AvgIpc) is 2.04. The van der Waals surface area contributed by atoms with Gasteiger partial charge >= 0.3 is 6.09 Å². The molecular formula is C8H13NO2. The smallest absolute Gasteiger partial charge is 0.413 e. The molecule has 1 heterocycles. The highest BCUT2D eigenvalue weighted by atomic mass is 16.5. The number of amides is 1. The number of hydrogen-bond donors (Lipinski definition) is 0. The highest BCUT2D eigenvalue weighted by Gasteiger charge is 2.19. The number of carbonyl (C=O) groups excluding carboxylic acids is 1. The van der Waals surface area contributed by atoms with Crippen molar-refractivity contribution in [3.8, 4) is 0 Å². The van der Waals surface area contributed by atoms with Crippen molar-refractivity contribution < 1.29 is 9.53 Å². The summed E-state index contributed by atoms with van der Waals surface area (Å²) in [4.78, 5) is 12.6. The van der Waals surface area contributed by atoms with Gasteiger partial charge in [-0.2, -0.15) is 0 Å². The summed E-state index contributed by atoms with van der Waals surface area (Å²) in [5, 5.41) is 0. The predicted molar refractivity (Wildman–Crippen MR) is 42.1 cm³/mol. The zero-order valence-corrected chi connectivity index (χ0v) is 6.80. The van der Waals surface area contributed by atoms with Crippen molar-refractivity contribution in [3.63, 3.8) is 0 Å². The summed E-state index contributed by atoms with van der Waals surface area (Å²) >= 11 is 0. The number of rotatable bonds is 0. The predicted octanol–water partition coefficient (Wildman–Crippen LogP) is 1.75. The molecule has 11 heavy (non-hydrogen) atoms. The summed E-state index contributed by atoms with van der Waals surface area (Å²) in [7, 11) is 1.39.